The number of rotatable bonds is 5. The number of hydrogen-bond acceptors (Lipinski definition) is 1. The molecule has 0 saturated heterocycles. The van der Waals surface area contributed by atoms with Gasteiger partial charge in [0.15, 0.2) is 0 Å². The van der Waals surface area contributed by atoms with E-state index in [1.807, 2.05) is 24.3 Å². The van der Waals surface area contributed by atoms with Crippen LogP contribution in [0.25, 0.3) is 0 Å². The van der Waals surface area contributed by atoms with Crippen LogP contribution in [0.3, 0.4) is 0 Å². The number of hydrogen-bond donors (Lipinski definition) is 1. The average Bonchev–Trinajstić information content (AvgIpc) is 2.45. The standard InChI is InChI=1S/C16H14ClFO2/c17-10-13-4-2-1-3-11(13)5-6-12-9-14(18)7-8-15(12)16(19)20/h1-4,7-9H,5-6,10H2,(H,19,20). The van der Waals surface area contributed by atoms with Crippen molar-refractivity contribution in [2.45, 2.75) is 18.7 Å². The smallest absolute Gasteiger partial charge is 0.335 e. The number of benzene rings is 2. The zero-order valence-corrected chi connectivity index (χ0v) is 11.5. The van der Waals surface area contributed by atoms with Crippen LogP contribution in [0.4, 0.5) is 4.39 Å². The van der Waals surface area contributed by atoms with Gasteiger partial charge in [0.1, 0.15) is 5.82 Å². The van der Waals surface area contributed by atoms with E-state index >= 15 is 0 Å². The lowest BCUT2D eigenvalue weighted by Crippen LogP contribution is -2.05. The molecule has 2 aromatic rings. The second-order valence-corrected chi connectivity index (χ2v) is 4.78. The molecule has 0 aliphatic rings. The lowest BCUT2D eigenvalue weighted by Gasteiger charge is -2.09. The van der Waals surface area contributed by atoms with E-state index in [-0.39, 0.29) is 5.56 Å². The Morgan fingerprint density at radius 2 is 1.70 bits per heavy atom. The molecular formula is C16H14ClFO2. The molecule has 0 atom stereocenters. The Kier molecular flexibility index (Phi) is 4.74. The minimum absolute atomic E-state index is 0.148. The molecule has 20 heavy (non-hydrogen) atoms. The fourth-order valence-electron chi connectivity index (χ4n) is 2.18. The molecule has 2 aromatic carbocycles. The third-order valence-electron chi connectivity index (χ3n) is 3.22. The summed E-state index contributed by atoms with van der Waals surface area (Å²) in [5.41, 5.74) is 2.72. The van der Waals surface area contributed by atoms with Crippen LogP contribution in [-0.4, -0.2) is 11.1 Å². The van der Waals surface area contributed by atoms with Crippen molar-refractivity contribution < 1.29 is 14.3 Å². The highest BCUT2D eigenvalue weighted by molar-refractivity contribution is 6.17. The molecule has 2 rings (SSSR count). The first-order valence-corrected chi connectivity index (χ1v) is 6.79. The largest absolute Gasteiger partial charge is 0.478 e. The lowest BCUT2D eigenvalue weighted by molar-refractivity contribution is 0.0695. The molecule has 0 aromatic heterocycles. The lowest BCUT2D eigenvalue weighted by atomic mass is 9.97. The van der Waals surface area contributed by atoms with Crippen molar-refractivity contribution >= 4 is 17.6 Å². The van der Waals surface area contributed by atoms with E-state index in [1.54, 1.807) is 0 Å². The summed E-state index contributed by atoms with van der Waals surface area (Å²) in [4.78, 5) is 11.1. The van der Waals surface area contributed by atoms with Crippen molar-refractivity contribution in [3.05, 3.63) is 70.5 Å². The molecule has 1 N–H and O–H groups in total. The Bertz CT molecular complexity index is 626. The predicted molar refractivity (Wildman–Crippen MR) is 76.8 cm³/mol. The highest BCUT2D eigenvalue weighted by atomic mass is 35.5. The SMILES string of the molecule is O=C(O)c1ccc(F)cc1CCc1ccccc1CCl. The predicted octanol–water partition coefficient (Wildman–Crippen LogP) is 4.05. The summed E-state index contributed by atoms with van der Waals surface area (Å²) in [5.74, 6) is -1.05. The van der Waals surface area contributed by atoms with Gasteiger partial charge in [-0.25, -0.2) is 9.18 Å². The molecule has 104 valence electrons. The Hall–Kier alpha value is -1.87. The van der Waals surface area contributed by atoms with Crippen molar-refractivity contribution in [1.82, 2.24) is 0 Å². The molecule has 0 amide bonds. The van der Waals surface area contributed by atoms with Gasteiger partial charge in [-0.05, 0) is 47.7 Å². The van der Waals surface area contributed by atoms with Crippen LogP contribution in [0.15, 0.2) is 42.5 Å². The molecule has 0 heterocycles. The van der Waals surface area contributed by atoms with Crippen LogP contribution in [0.2, 0.25) is 0 Å². The summed E-state index contributed by atoms with van der Waals surface area (Å²) < 4.78 is 13.3. The zero-order chi connectivity index (χ0) is 14.5. The van der Waals surface area contributed by atoms with Crippen LogP contribution in [0.5, 0.6) is 0 Å². The molecule has 4 heteroatoms. The molecule has 0 bridgehead atoms. The van der Waals surface area contributed by atoms with Gasteiger partial charge in [0.25, 0.3) is 0 Å². The third kappa shape index (κ3) is 3.36. The Morgan fingerprint density at radius 3 is 2.35 bits per heavy atom. The van der Waals surface area contributed by atoms with E-state index in [2.05, 4.69) is 0 Å². The second-order valence-electron chi connectivity index (χ2n) is 4.51. The van der Waals surface area contributed by atoms with Gasteiger partial charge in [-0.3, -0.25) is 0 Å². The maximum Gasteiger partial charge on any atom is 0.335 e. The van der Waals surface area contributed by atoms with E-state index in [0.29, 0.717) is 24.3 Å². The fraction of sp³-hybridized carbons (Fsp3) is 0.188. The summed E-state index contributed by atoms with van der Waals surface area (Å²) in [6, 6.07) is 11.5. The van der Waals surface area contributed by atoms with E-state index in [4.69, 9.17) is 16.7 Å². The molecule has 0 aliphatic carbocycles. The minimum atomic E-state index is -1.04. The van der Waals surface area contributed by atoms with Crippen molar-refractivity contribution in [3.8, 4) is 0 Å². The number of carbonyl (C=O) groups is 1. The van der Waals surface area contributed by atoms with E-state index in [9.17, 15) is 9.18 Å². The molecular weight excluding hydrogens is 279 g/mol. The number of carboxylic acids is 1. The normalized spacial score (nSPS) is 10.5. The molecule has 0 saturated carbocycles. The number of carboxylic acid groups (broad SMARTS) is 1. The maximum atomic E-state index is 13.3. The summed E-state index contributed by atoms with van der Waals surface area (Å²) >= 11 is 5.87. The first-order chi connectivity index (χ1) is 9.61. The quantitative estimate of drug-likeness (QED) is 0.844. The van der Waals surface area contributed by atoms with Gasteiger partial charge in [0, 0.05) is 5.88 Å². The van der Waals surface area contributed by atoms with Crippen LogP contribution >= 0.6 is 11.6 Å². The number of aryl methyl sites for hydroxylation is 2. The second kappa shape index (κ2) is 6.53. The molecule has 0 spiro atoms. The van der Waals surface area contributed by atoms with E-state index in [0.717, 1.165) is 11.1 Å². The van der Waals surface area contributed by atoms with Crippen molar-refractivity contribution in [1.29, 1.82) is 0 Å². The Labute approximate surface area is 121 Å². The van der Waals surface area contributed by atoms with Gasteiger partial charge < -0.3 is 5.11 Å². The summed E-state index contributed by atoms with van der Waals surface area (Å²) in [6.45, 7) is 0. The monoisotopic (exact) mass is 292 g/mol. The number of aromatic carboxylic acids is 1. The summed E-state index contributed by atoms with van der Waals surface area (Å²) in [5, 5.41) is 9.11. The summed E-state index contributed by atoms with van der Waals surface area (Å²) in [7, 11) is 0. The molecule has 0 aliphatic heterocycles. The average molecular weight is 293 g/mol. The molecule has 0 fully saturated rings. The van der Waals surface area contributed by atoms with Crippen molar-refractivity contribution in [3.63, 3.8) is 0 Å². The highest BCUT2D eigenvalue weighted by Crippen LogP contribution is 2.18. The van der Waals surface area contributed by atoms with Gasteiger partial charge in [0.05, 0.1) is 5.56 Å². The van der Waals surface area contributed by atoms with Gasteiger partial charge >= 0.3 is 5.97 Å². The molecule has 0 unspecified atom stereocenters. The summed E-state index contributed by atoms with van der Waals surface area (Å²) in [6.07, 6.45) is 1.10. The van der Waals surface area contributed by atoms with E-state index < -0.39 is 11.8 Å². The first-order valence-electron chi connectivity index (χ1n) is 6.26. The van der Waals surface area contributed by atoms with Gasteiger partial charge in [0.2, 0.25) is 0 Å². The molecule has 0 radical (unpaired) electrons. The fourth-order valence-corrected chi connectivity index (χ4v) is 2.44. The topological polar surface area (TPSA) is 37.3 Å². The third-order valence-corrected chi connectivity index (χ3v) is 3.51. The minimum Gasteiger partial charge on any atom is -0.478 e. The van der Waals surface area contributed by atoms with Gasteiger partial charge in [-0.15, -0.1) is 11.6 Å². The van der Waals surface area contributed by atoms with Crippen LogP contribution < -0.4 is 0 Å². The Morgan fingerprint density at radius 1 is 1.05 bits per heavy atom. The number of halogens is 2. The van der Waals surface area contributed by atoms with Crippen LogP contribution in [0, 0.1) is 5.82 Å². The van der Waals surface area contributed by atoms with Crippen molar-refractivity contribution in [2.24, 2.45) is 0 Å². The van der Waals surface area contributed by atoms with Crippen LogP contribution in [-0.2, 0) is 18.7 Å². The first kappa shape index (κ1) is 14.5. The molecule has 2 nitrogen and oxygen atoms in total. The zero-order valence-electron chi connectivity index (χ0n) is 10.8. The van der Waals surface area contributed by atoms with Gasteiger partial charge in [-0.1, -0.05) is 24.3 Å². The highest BCUT2D eigenvalue weighted by Gasteiger charge is 2.11. The Balaban J connectivity index is 2.22. The van der Waals surface area contributed by atoms with Crippen LogP contribution in [0.1, 0.15) is 27.0 Å². The maximum absolute atomic E-state index is 13.3. The number of alkyl halides is 1. The van der Waals surface area contributed by atoms with Crippen molar-refractivity contribution in [2.75, 3.05) is 0 Å². The van der Waals surface area contributed by atoms with Gasteiger partial charge in [-0.2, -0.15) is 0 Å². The van der Waals surface area contributed by atoms with E-state index in [1.165, 1.54) is 18.2 Å².